The quantitative estimate of drug-likeness (QED) is 0.214. The Balaban J connectivity index is 1.03. The number of aliphatic imine (C=N–C) groups is 1. The van der Waals surface area contributed by atoms with Gasteiger partial charge in [0.15, 0.2) is 0 Å². The second-order valence-electron chi connectivity index (χ2n) is 17.1. The molecule has 0 radical (unpaired) electrons. The maximum absolute atomic E-state index is 13.7. The monoisotopic (exact) mass is 821 g/mol. The first-order valence-electron chi connectivity index (χ1n) is 21.1. The molecular weight excluding hydrogens is 763 g/mol. The van der Waals surface area contributed by atoms with E-state index in [1.165, 1.54) is 25.3 Å². The topological polar surface area (TPSA) is 165 Å². The van der Waals surface area contributed by atoms with Crippen LogP contribution in [0.5, 0.6) is 0 Å². The van der Waals surface area contributed by atoms with Gasteiger partial charge in [0.25, 0.3) is 0 Å². The predicted octanol–water partition coefficient (Wildman–Crippen LogP) is 6.26. The zero-order chi connectivity index (χ0) is 42.8. The number of anilines is 2. The molecule has 4 aliphatic rings. The molecule has 320 valence electrons. The summed E-state index contributed by atoms with van der Waals surface area (Å²) in [5.74, 6) is 0.304. The van der Waals surface area contributed by atoms with Crippen molar-refractivity contribution in [2.75, 3.05) is 51.2 Å². The number of aromatic nitrogens is 2. The summed E-state index contributed by atoms with van der Waals surface area (Å²) in [6.45, 7) is 10.3. The number of nitrogens with one attached hydrogen (secondary N) is 3. The normalized spacial score (nSPS) is 19.9. The van der Waals surface area contributed by atoms with Gasteiger partial charge in [-0.25, -0.2) is 14.6 Å². The van der Waals surface area contributed by atoms with Crippen molar-refractivity contribution in [2.24, 2.45) is 16.8 Å². The Morgan fingerprint density at radius 3 is 1.82 bits per heavy atom. The van der Waals surface area contributed by atoms with E-state index in [-0.39, 0.29) is 35.7 Å². The largest absolute Gasteiger partial charge is 0.453 e. The average molecular weight is 822 g/mol. The molecule has 0 spiro atoms. The van der Waals surface area contributed by atoms with E-state index < -0.39 is 24.3 Å². The van der Waals surface area contributed by atoms with Crippen molar-refractivity contribution in [3.05, 3.63) is 71.3 Å². The van der Waals surface area contributed by atoms with Crippen molar-refractivity contribution >= 4 is 46.7 Å². The molecule has 4 amide bonds. The molecular formula is C45H59N9O6. The standard InChI is InChI=1S/C45H59N9O6/c1-26(2)39(49-44(57)59-7)42(55)53-17-9-11-37(53)33-21-30(22-46-33)28-13-15-35-31(19-28)24-51(5)36-16-14-29(20-32(36)25-52(35)6)34-23-47-41(48-34)38-12-10-18-54(38)43(56)40(27(3)4)50-45(58)60-8/h13-16,19-20,22-23,26-27,37-40H,9-12,17-18,21,24-25H2,1-8H3,(H,47,48)(H,49,57)(H,50,58)/t37-,38-,39-,40-/m0/s1. The zero-order valence-corrected chi connectivity index (χ0v) is 36.1. The molecule has 4 aliphatic heterocycles. The molecule has 7 rings (SSSR count). The lowest BCUT2D eigenvalue weighted by Gasteiger charge is -2.32. The minimum absolute atomic E-state index is 0.0905. The Hall–Kier alpha value is -5.86. The van der Waals surface area contributed by atoms with Gasteiger partial charge in [0.05, 0.1) is 38.2 Å². The summed E-state index contributed by atoms with van der Waals surface area (Å²) in [4.78, 5) is 73.0. The molecule has 2 saturated heterocycles. The highest BCUT2D eigenvalue weighted by Crippen LogP contribution is 2.38. The Labute approximate surface area is 352 Å². The van der Waals surface area contributed by atoms with E-state index in [1.54, 1.807) is 0 Å². The van der Waals surface area contributed by atoms with E-state index in [0.29, 0.717) is 32.6 Å². The third-order valence-electron chi connectivity index (χ3n) is 12.4. The van der Waals surface area contributed by atoms with Crippen molar-refractivity contribution in [2.45, 2.75) is 97.1 Å². The minimum atomic E-state index is -0.692. The number of fused-ring (bicyclic) bond motifs is 2. The van der Waals surface area contributed by atoms with E-state index in [1.807, 2.05) is 49.9 Å². The molecule has 5 heterocycles. The fraction of sp³-hybridized carbons (Fsp3) is 0.511. The Morgan fingerprint density at radius 1 is 0.750 bits per heavy atom. The molecule has 2 fully saturated rings. The number of methoxy groups -OCH3 is 2. The number of aromatic amines is 1. The van der Waals surface area contributed by atoms with Crippen LogP contribution in [0, 0.1) is 11.8 Å². The summed E-state index contributed by atoms with van der Waals surface area (Å²) >= 11 is 0. The highest BCUT2D eigenvalue weighted by molar-refractivity contribution is 6.04. The van der Waals surface area contributed by atoms with Gasteiger partial charge in [-0.2, -0.15) is 0 Å². The summed E-state index contributed by atoms with van der Waals surface area (Å²) < 4.78 is 9.59. The number of nitrogens with zero attached hydrogens (tertiary/aromatic N) is 6. The summed E-state index contributed by atoms with van der Waals surface area (Å²) in [5.41, 5.74) is 9.81. The van der Waals surface area contributed by atoms with E-state index >= 15 is 0 Å². The van der Waals surface area contributed by atoms with E-state index in [2.05, 4.69) is 75.9 Å². The number of H-pyrrole nitrogens is 1. The lowest BCUT2D eigenvalue weighted by Crippen LogP contribution is -2.53. The molecule has 3 N–H and O–H groups in total. The van der Waals surface area contributed by atoms with Crippen molar-refractivity contribution in [1.82, 2.24) is 30.4 Å². The van der Waals surface area contributed by atoms with Gasteiger partial charge in [0.1, 0.15) is 17.9 Å². The molecule has 2 aromatic carbocycles. The van der Waals surface area contributed by atoms with Gasteiger partial charge in [-0.1, -0.05) is 39.8 Å². The summed E-state index contributed by atoms with van der Waals surface area (Å²) in [6.07, 6.45) is 6.59. The molecule has 15 nitrogen and oxygen atoms in total. The first-order valence-corrected chi connectivity index (χ1v) is 21.1. The lowest BCUT2D eigenvalue weighted by molar-refractivity contribution is -0.135. The third-order valence-corrected chi connectivity index (χ3v) is 12.4. The maximum atomic E-state index is 13.7. The molecule has 0 saturated carbocycles. The van der Waals surface area contributed by atoms with E-state index in [9.17, 15) is 19.2 Å². The van der Waals surface area contributed by atoms with E-state index in [4.69, 9.17) is 19.5 Å². The van der Waals surface area contributed by atoms with Crippen molar-refractivity contribution < 1.29 is 28.7 Å². The van der Waals surface area contributed by atoms with E-state index in [0.717, 1.165) is 71.0 Å². The fourth-order valence-electron chi connectivity index (χ4n) is 9.15. The number of rotatable bonds is 10. The van der Waals surface area contributed by atoms with Crippen molar-refractivity contribution in [1.29, 1.82) is 0 Å². The number of allylic oxidation sites excluding steroid dienone is 1. The predicted molar refractivity (Wildman–Crippen MR) is 231 cm³/mol. The number of amides is 4. The third kappa shape index (κ3) is 8.57. The van der Waals surface area contributed by atoms with Gasteiger partial charge >= 0.3 is 12.2 Å². The second kappa shape index (κ2) is 17.8. The van der Waals surface area contributed by atoms with Crippen LogP contribution in [0.15, 0.2) is 53.8 Å². The molecule has 4 atom stereocenters. The number of likely N-dealkylation sites (tertiary alicyclic amines) is 2. The lowest BCUT2D eigenvalue weighted by atomic mass is 9.95. The van der Waals surface area contributed by atoms with Gasteiger partial charge in [-0.15, -0.1) is 0 Å². The van der Waals surface area contributed by atoms with Crippen LogP contribution in [0.1, 0.15) is 88.4 Å². The summed E-state index contributed by atoms with van der Waals surface area (Å²) in [5, 5.41) is 5.45. The zero-order valence-electron chi connectivity index (χ0n) is 36.1. The highest BCUT2D eigenvalue weighted by Gasteiger charge is 2.40. The summed E-state index contributed by atoms with van der Waals surface area (Å²) in [7, 11) is 6.85. The number of carbonyl (C=O) groups is 4. The van der Waals surface area contributed by atoms with Crippen LogP contribution in [0.4, 0.5) is 21.0 Å². The molecule has 1 aromatic heterocycles. The average Bonchev–Trinajstić information content (AvgIpc) is 4.07. The van der Waals surface area contributed by atoms with Crippen LogP contribution in [-0.4, -0.2) is 109 Å². The van der Waals surface area contributed by atoms with Crippen LogP contribution in [0.3, 0.4) is 0 Å². The van der Waals surface area contributed by atoms with Gasteiger partial charge in [-0.3, -0.25) is 14.6 Å². The smallest absolute Gasteiger partial charge is 0.407 e. The van der Waals surface area contributed by atoms with Crippen LogP contribution < -0.4 is 20.4 Å². The second-order valence-corrected chi connectivity index (χ2v) is 17.1. The molecule has 3 aromatic rings. The van der Waals surface area contributed by atoms with Gasteiger partial charge in [0, 0.05) is 75.5 Å². The number of carbonyl (C=O) groups excluding carboxylic acids is 4. The Kier molecular flexibility index (Phi) is 12.5. The van der Waals surface area contributed by atoms with Crippen molar-refractivity contribution in [3.63, 3.8) is 0 Å². The van der Waals surface area contributed by atoms with Crippen LogP contribution in [0.2, 0.25) is 0 Å². The molecule has 60 heavy (non-hydrogen) atoms. The maximum Gasteiger partial charge on any atom is 0.407 e. The summed E-state index contributed by atoms with van der Waals surface area (Å²) in [6, 6.07) is 11.5. The number of hydrogen-bond acceptors (Lipinski definition) is 10. The highest BCUT2D eigenvalue weighted by atomic mass is 16.5. The minimum Gasteiger partial charge on any atom is -0.453 e. The van der Waals surface area contributed by atoms with Crippen LogP contribution >= 0.6 is 0 Å². The van der Waals surface area contributed by atoms with Crippen molar-refractivity contribution in [3.8, 4) is 11.3 Å². The fourth-order valence-corrected chi connectivity index (χ4v) is 9.15. The Bertz CT molecular complexity index is 2180. The van der Waals surface area contributed by atoms with Crippen LogP contribution in [0.25, 0.3) is 16.8 Å². The Morgan fingerprint density at radius 2 is 1.27 bits per heavy atom. The SMILES string of the molecule is COC(=O)N[C@H](C(=O)N1CCC[C@H]1C1=NC=C(c2ccc3c(c2)CN(C)c2ccc(-c4cnc([C@@H]5CCCN5C(=O)[C@@H](NC(=O)OC)C(C)C)[nH]4)cc2CN3C)C1)C(C)C. The molecule has 0 aliphatic carbocycles. The molecule has 15 heteroatoms. The van der Waals surface area contributed by atoms with Gasteiger partial charge < -0.3 is 44.7 Å². The number of imidazole rings is 1. The van der Waals surface area contributed by atoms with Crippen LogP contribution in [-0.2, 0) is 32.2 Å². The first kappa shape index (κ1) is 42.3. The number of alkyl carbamates (subject to hydrolysis) is 2. The van der Waals surface area contributed by atoms with Gasteiger partial charge in [-0.05, 0) is 84.0 Å². The number of ether oxygens (including phenoxy) is 2. The number of benzene rings is 2. The van der Waals surface area contributed by atoms with Gasteiger partial charge in [0.2, 0.25) is 11.8 Å². The first-order chi connectivity index (χ1) is 28.8. The number of hydrogen-bond donors (Lipinski definition) is 3. The molecule has 0 unspecified atom stereocenters. The molecule has 0 bridgehead atoms.